The van der Waals surface area contributed by atoms with Crippen molar-refractivity contribution in [2.45, 2.75) is 76.1 Å². The Labute approximate surface area is 244 Å². The van der Waals surface area contributed by atoms with Gasteiger partial charge in [0.1, 0.15) is 29.7 Å². The van der Waals surface area contributed by atoms with E-state index in [1.54, 1.807) is 0 Å². The van der Waals surface area contributed by atoms with Gasteiger partial charge in [0.15, 0.2) is 11.0 Å². The number of aromatic amines is 1. The van der Waals surface area contributed by atoms with E-state index < -0.39 is 61.8 Å². The molecule has 1 aromatic heterocycles. The number of hydrogen-bond donors (Lipinski definition) is 3. The molecule has 0 radical (unpaired) electrons. The van der Waals surface area contributed by atoms with Gasteiger partial charge < -0.3 is 24.2 Å². The van der Waals surface area contributed by atoms with Crippen LogP contribution in [0.4, 0.5) is 0 Å². The molecule has 2 fully saturated rings. The summed E-state index contributed by atoms with van der Waals surface area (Å²) in [7, 11) is -4.54. The summed E-state index contributed by atoms with van der Waals surface area (Å²) in [5, 5.41) is 22.4. The van der Waals surface area contributed by atoms with Crippen molar-refractivity contribution in [3.63, 3.8) is 0 Å². The summed E-state index contributed by atoms with van der Waals surface area (Å²) in [6.07, 6.45) is -0.467. The molecule has 1 saturated heterocycles. The Morgan fingerprint density at radius 3 is 2.65 bits per heavy atom. The molecule has 40 heavy (non-hydrogen) atoms. The molecule has 11 nitrogen and oxygen atoms in total. The number of aliphatic hydroxyl groups excluding tert-OH is 1. The van der Waals surface area contributed by atoms with Crippen LogP contribution in [0.15, 0.2) is 41.3 Å². The molecule has 0 spiro atoms. The average Bonchev–Trinajstić information content (AvgIpc) is 3.14. The molecule has 4 rings (SSSR count). The van der Waals surface area contributed by atoms with Crippen molar-refractivity contribution in [2.75, 3.05) is 12.7 Å². The highest BCUT2D eigenvalue weighted by Crippen LogP contribution is 2.51. The zero-order valence-corrected chi connectivity index (χ0v) is 24.5. The van der Waals surface area contributed by atoms with Gasteiger partial charge in [0.25, 0.3) is 5.56 Å². The number of rotatable bonds is 10. The number of nitrogens with one attached hydrogen (secondary N) is 1. The molecule has 1 unspecified atom stereocenters. The second-order valence-electron chi connectivity index (χ2n) is 10.2. The van der Waals surface area contributed by atoms with Crippen LogP contribution in [0.1, 0.15) is 54.9 Å². The van der Waals surface area contributed by atoms with Crippen LogP contribution in [0.2, 0.25) is 5.02 Å². The predicted molar refractivity (Wildman–Crippen MR) is 149 cm³/mol. The summed E-state index contributed by atoms with van der Waals surface area (Å²) >= 11 is 11.1. The zero-order valence-electron chi connectivity index (χ0n) is 24.0. The summed E-state index contributed by atoms with van der Waals surface area (Å²) in [4.78, 5) is 26.9. The molecule has 2 aliphatic rings. The van der Waals surface area contributed by atoms with Gasteiger partial charge in [-0.15, -0.1) is 0 Å². The monoisotopic (exact) mass is 618 g/mol. The van der Waals surface area contributed by atoms with E-state index in [2.05, 4.69) is 4.98 Å². The van der Waals surface area contributed by atoms with Gasteiger partial charge in [0.2, 0.25) is 0 Å². The van der Waals surface area contributed by atoms with E-state index in [1.165, 1.54) is 44.3 Å². The number of hydrogen-bond acceptors (Lipinski definition) is 10. The van der Waals surface area contributed by atoms with Crippen molar-refractivity contribution in [1.82, 2.24) is 9.55 Å². The van der Waals surface area contributed by atoms with Crippen LogP contribution in [-0.2, 0) is 23.4 Å². The molecule has 0 amide bonds. The second-order valence-corrected chi connectivity index (χ2v) is 13.0. The Kier molecular flexibility index (Phi) is 9.03. The van der Waals surface area contributed by atoms with Crippen LogP contribution in [0.3, 0.4) is 0 Å². The van der Waals surface area contributed by atoms with Crippen LogP contribution in [0, 0.1) is 10.7 Å². The third-order valence-corrected chi connectivity index (χ3v) is 9.30. The van der Waals surface area contributed by atoms with Crippen molar-refractivity contribution in [2.24, 2.45) is 5.92 Å². The first-order chi connectivity index (χ1) is 19.6. The fourth-order valence-corrected chi connectivity index (χ4v) is 6.71. The number of H-pyrrole nitrogens is 1. The van der Waals surface area contributed by atoms with Crippen molar-refractivity contribution in [1.29, 1.82) is 0 Å². The SMILES string of the molecule is [2H]C([2H])(O[P@](=O)(C[C@@H](C)C(=O)OC1CCCCC1)Oc1ccc(Cl)cc1)[C@H]1O[C@@H](n2ccc(=O)[nH]c2=S)C(C)(O)[C@H]1O. The topological polar surface area (TPSA) is 149 Å². The number of carbonyl (C=O) groups is 1. The summed E-state index contributed by atoms with van der Waals surface area (Å²) < 4.78 is 54.9. The number of esters is 1. The van der Waals surface area contributed by atoms with Gasteiger partial charge in [-0.25, -0.2) is 4.57 Å². The quantitative estimate of drug-likeness (QED) is 0.199. The lowest BCUT2D eigenvalue weighted by molar-refractivity contribution is -0.154. The van der Waals surface area contributed by atoms with Crippen molar-refractivity contribution in [3.8, 4) is 5.75 Å². The highest BCUT2D eigenvalue weighted by atomic mass is 35.5. The lowest BCUT2D eigenvalue weighted by Gasteiger charge is -2.28. The first kappa shape index (κ1) is 28.1. The van der Waals surface area contributed by atoms with Gasteiger partial charge in [-0.05, 0) is 69.1 Å². The number of benzene rings is 1. The summed E-state index contributed by atoms with van der Waals surface area (Å²) in [6.45, 7) is -0.364. The first-order valence-electron chi connectivity index (χ1n) is 13.9. The van der Waals surface area contributed by atoms with Crippen LogP contribution < -0.4 is 10.1 Å². The van der Waals surface area contributed by atoms with Crippen molar-refractivity contribution >= 4 is 37.4 Å². The summed E-state index contributed by atoms with van der Waals surface area (Å²) in [5.41, 5.74) is -2.64. The zero-order chi connectivity index (χ0) is 30.9. The number of ether oxygens (including phenoxy) is 2. The average molecular weight is 619 g/mol. The van der Waals surface area contributed by atoms with Gasteiger partial charge in [0.05, 0.1) is 21.4 Å². The van der Waals surface area contributed by atoms with Gasteiger partial charge >= 0.3 is 13.6 Å². The normalized spacial score (nSPS) is 28.7. The highest BCUT2D eigenvalue weighted by molar-refractivity contribution is 7.71. The molecule has 3 N–H and O–H groups in total. The fourth-order valence-electron chi connectivity index (χ4n) is 4.61. The maximum Gasteiger partial charge on any atom is 0.380 e. The summed E-state index contributed by atoms with van der Waals surface area (Å²) in [6, 6.07) is 6.85. The Morgan fingerprint density at radius 2 is 2.00 bits per heavy atom. The molecule has 1 aliphatic heterocycles. The van der Waals surface area contributed by atoms with Gasteiger partial charge in [-0.3, -0.25) is 23.7 Å². The fraction of sp³-hybridized carbons (Fsp3) is 0.577. The van der Waals surface area contributed by atoms with Gasteiger partial charge in [-0.2, -0.15) is 0 Å². The Morgan fingerprint density at radius 1 is 1.32 bits per heavy atom. The minimum atomic E-state index is -4.54. The molecule has 6 atom stereocenters. The number of nitrogens with zero attached hydrogens (tertiary/aromatic N) is 1. The lowest BCUT2D eigenvalue weighted by atomic mass is 9.96. The maximum absolute atomic E-state index is 14.2. The van der Waals surface area contributed by atoms with E-state index in [0.717, 1.165) is 42.7 Å². The summed E-state index contributed by atoms with van der Waals surface area (Å²) in [5.74, 6) is -1.60. The van der Waals surface area contributed by atoms with Crippen LogP contribution in [-0.4, -0.2) is 62.4 Å². The second kappa shape index (κ2) is 12.9. The minimum absolute atomic E-state index is 0.0312. The van der Waals surface area contributed by atoms with Crippen LogP contribution >= 0.6 is 31.4 Å². The van der Waals surface area contributed by atoms with E-state index in [4.69, 9.17) is 45.1 Å². The molecule has 14 heteroatoms. The molecule has 220 valence electrons. The molecule has 2 aromatic rings. The molecular formula is C26H34ClN2O9PS. The smallest absolute Gasteiger partial charge is 0.380 e. The van der Waals surface area contributed by atoms with Crippen LogP contribution in [0.25, 0.3) is 0 Å². The number of aromatic nitrogens is 2. The largest absolute Gasteiger partial charge is 0.462 e. The van der Waals surface area contributed by atoms with Gasteiger partial charge in [-0.1, -0.05) is 24.9 Å². The standard InChI is InChI=1S/C26H34ClN2O9PS/c1-16(23(32)36-18-6-4-3-5-7-18)15-39(34,38-19-10-8-17(27)9-11-19)35-14-20-22(31)26(2,33)24(37-20)29-13-12-21(30)28-25(29)40/h8-13,16,18,20,22,24,31,33H,3-7,14-15H2,1-2H3,(H,28,30,40)/t16-,20-,22+,24-,26?,39-/m1/s1/i14D2. The Bertz CT molecular complexity index is 1430. The number of carbonyl (C=O) groups excluding carboxylic acids is 1. The van der Waals surface area contributed by atoms with Crippen LogP contribution in [0.5, 0.6) is 5.75 Å². The highest BCUT2D eigenvalue weighted by Gasteiger charge is 2.53. The molecular weight excluding hydrogens is 583 g/mol. The van der Waals surface area contributed by atoms with E-state index in [1.807, 2.05) is 0 Å². The predicted octanol–water partition coefficient (Wildman–Crippen LogP) is 4.37. The van der Waals surface area contributed by atoms with E-state index in [0.29, 0.717) is 5.02 Å². The third-order valence-electron chi connectivity index (χ3n) is 6.87. The van der Waals surface area contributed by atoms with Gasteiger partial charge in [0, 0.05) is 17.3 Å². The molecule has 1 saturated carbocycles. The Balaban J connectivity index is 1.59. The van der Waals surface area contributed by atoms with Crippen molar-refractivity contribution < 1.29 is 40.8 Å². The molecule has 1 aromatic carbocycles. The lowest BCUT2D eigenvalue weighted by Crippen LogP contribution is -2.44. The number of halogens is 1. The van der Waals surface area contributed by atoms with E-state index in [9.17, 15) is 24.4 Å². The Hall–Kier alpha value is -2.05. The maximum atomic E-state index is 14.2. The first-order valence-corrected chi connectivity index (χ1v) is 15.5. The third kappa shape index (κ3) is 7.42. The number of aliphatic hydroxyl groups is 2. The van der Waals surface area contributed by atoms with E-state index >= 15 is 0 Å². The van der Waals surface area contributed by atoms with Crippen molar-refractivity contribution in [3.05, 3.63) is 56.7 Å². The van der Waals surface area contributed by atoms with E-state index in [-0.39, 0.29) is 16.6 Å². The minimum Gasteiger partial charge on any atom is -0.462 e. The molecule has 1 aliphatic carbocycles. The molecule has 2 heterocycles. The molecule has 0 bridgehead atoms.